The van der Waals surface area contributed by atoms with Gasteiger partial charge >= 0.3 is 0 Å². The molecular weight excluding hydrogens is 298 g/mol. The van der Waals surface area contributed by atoms with Crippen LogP contribution in [0.1, 0.15) is 30.9 Å². The van der Waals surface area contributed by atoms with Crippen LogP contribution in [-0.4, -0.2) is 23.9 Å². The topological polar surface area (TPSA) is 58.4 Å². The van der Waals surface area contributed by atoms with E-state index in [0.29, 0.717) is 13.0 Å². The van der Waals surface area contributed by atoms with Crippen molar-refractivity contribution >= 4 is 11.6 Å². The van der Waals surface area contributed by atoms with E-state index in [9.17, 15) is 4.79 Å². The second-order valence-corrected chi connectivity index (χ2v) is 5.96. The highest BCUT2D eigenvalue weighted by atomic mass is 16.1. The van der Waals surface area contributed by atoms with E-state index in [-0.39, 0.29) is 5.91 Å². The van der Waals surface area contributed by atoms with E-state index in [1.807, 2.05) is 30.3 Å². The van der Waals surface area contributed by atoms with Gasteiger partial charge in [-0.25, -0.2) is 0 Å². The van der Waals surface area contributed by atoms with Crippen LogP contribution in [0.2, 0.25) is 0 Å². The SMILES string of the molecule is CCCN(CCC(=O)Nc1cccc(CN)c1)Cc1ccccc1. The molecule has 0 radical (unpaired) electrons. The van der Waals surface area contributed by atoms with Crippen molar-refractivity contribution in [2.45, 2.75) is 32.9 Å². The summed E-state index contributed by atoms with van der Waals surface area (Å²) < 4.78 is 0. The first-order chi connectivity index (χ1) is 11.7. The number of nitrogens with zero attached hydrogens (tertiary/aromatic N) is 1. The molecule has 0 aromatic heterocycles. The van der Waals surface area contributed by atoms with Crippen LogP contribution in [0.15, 0.2) is 54.6 Å². The summed E-state index contributed by atoms with van der Waals surface area (Å²) in [7, 11) is 0. The van der Waals surface area contributed by atoms with Gasteiger partial charge in [0.05, 0.1) is 0 Å². The Morgan fingerprint density at radius 2 is 1.79 bits per heavy atom. The minimum Gasteiger partial charge on any atom is -0.326 e. The van der Waals surface area contributed by atoms with Crippen molar-refractivity contribution in [1.29, 1.82) is 0 Å². The fourth-order valence-corrected chi connectivity index (χ4v) is 2.69. The summed E-state index contributed by atoms with van der Waals surface area (Å²) in [6, 6.07) is 18.1. The minimum atomic E-state index is 0.0401. The van der Waals surface area contributed by atoms with E-state index in [2.05, 4.69) is 41.4 Å². The molecule has 3 N–H and O–H groups in total. The fourth-order valence-electron chi connectivity index (χ4n) is 2.69. The normalized spacial score (nSPS) is 10.8. The zero-order valence-corrected chi connectivity index (χ0v) is 14.4. The zero-order chi connectivity index (χ0) is 17.2. The summed E-state index contributed by atoms with van der Waals surface area (Å²) in [5.74, 6) is 0.0401. The van der Waals surface area contributed by atoms with Gasteiger partial charge in [0.1, 0.15) is 0 Å². The van der Waals surface area contributed by atoms with Gasteiger partial charge in [0.15, 0.2) is 0 Å². The molecule has 0 aliphatic rings. The van der Waals surface area contributed by atoms with Crippen LogP contribution in [0, 0.1) is 0 Å². The number of carbonyl (C=O) groups is 1. The van der Waals surface area contributed by atoms with Crippen LogP contribution in [-0.2, 0) is 17.9 Å². The second-order valence-electron chi connectivity index (χ2n) is 5.96. The number of amides is 1. The average molecular weight is 325 g/mol. The van der Waals surface area contributed by atoms with Crippen LogP contribution >= 0.6 is 0 Å². The molecule has 0 atom stereocenters. The minimum absolute atomic E-state index is 0.0401. The van der Waals surface area contributed by atoms with Crippen molar-refractivity contribution in [2.75, 3.05) is 18.4 Å². The van der Waals surface area contributed by atoms with Gasteiger partial charge in [0.2, 0.25) is 5.91 Å². The van der Waals surface area contributed by atoms with Crippen LogP contribution in [0.3, 0.4) is 0 Å². The Morgan fingerprint density at radius 1 is 1.04 bits per heavy atom. The number of hydrogen-bond donors (Lipinski definition) is 2. The van der Waals surface area contributed by atoms with Gasteiger partial charge in [-0.15, -0.1) is 0 Å². The quantitative estimate of drug-likeness (QED) is 0.743. The highest BCUT2D eigenvalue weighted by molar-refractivity contribution is 5.90. The standard InChI is InChI=1S/C20H27N3O/c1-2-12-23(16-17-7-4-3-5-8-17)13-11-20(24)22-19-10-6-9-18(14-19)15-21/h3-10,14H,2,11-13,15-16,21H2,1H3,(H,22,24). The Hall–Kier alpha value is -2.17. The molecule has 0 aliphatic carbocycles. The van der Waals surface area contributed by atoms with Gasteiger partial charge in [-0.05, 0) is 36.2 Å². The summed E-state index contributed by atoms with van der Waals surface area (Å²) in [4.78, 5) is 14.5. The second kappa shape index (κ2) is 9.85. The number of hydrogen-bond acceptors (Lipinski definition) is 3. The van der Waals surface area contributed by atoms with Crippen LogP contribution in [0.5, 0.6) is 0 Å². The Balaban J connectivity index is 1.85. The maximum absolute atomic E-state index is 12.2. The van der Waals surface area contributed by atoms with Crippen LogP contribution in [0.4, 0.5) is 5.69 Å². The van der Waals surface area contributed by atoms with Crippen molar-refractivity contribution in [3.8, 4) is 0 Å². The molecule has 0 saturated heterocycles. The Bertz CT molecular complexity index is 628. The van der Waals surface area contributed by atoms with Gasteiger partial charge in [0.25, 0.3) is 0 Å². The highest BCUT2D eigenvalue weighted by Crippen LogP contribution is 2.11. The third-order valence-electron chi connectivity index (χ3n) is 3.89. The molecule has 0 aliphatic heterocycles. The van der Waals surface area contributed by atoms with Gasteiger partial charge in [0, 0.05) is 31.7 Å². The first-order valence-electron chi connectivity index (χ1n) is 8.56. The Morgan fingerprint density at radius 3 is 2.50 bits per heavy atom. The Labute approximate surface area is 144 Å². The molecule has 4 nitrogen and oxygen atoms in total. The van der Waals surface area contributed by atoms with Gasteiger partial charge in [-0.1, -0.05) is 49.4 Å². The lowest BCUT2D eigenvalue weighted by atomic mass is 10.2. The molecule has 24 heavy (non-hydrogen) atoms. The fraction of sp³-hybridized carbons (Fsp3) is 0.350. The van der Waals surface area contributed by atoms with E-state index in [1.54, 1.807) is 0 Å². The predicted octanol–water partition coefficient (Wildman–Crippen LogP) is 3.39. The molecular formula is C20H27N3O. The van der Waals surface area contributed by atoms with Gasteiger partial charge in [-0.3, -0.25) is 9.69 Å². The molecule has 0 heterocycles. The van der Waals surface area contributed by atoms with E-state index in [0.717, 1.165) is 37.3 Å². The molecule has 2 rings (SSSR count). The number of anilines is 1. The smallest absolute Gasteiger partial charge is 0.225 e. The summed E-state index contributed by atoms with van der Waals surface area (Å²) in [5.41, 5.74) is 8.75. The lowest BCUT2D eigenvalue weighted by Crippen LogP contribution is -2.28. The molecule has 1 amide bonds. The number of benzene rings is 2. The average Bonchev–Trinajstić information content (AvgIpc) is 2.61. The number of carbonyl (C=O) groups excluding carboxylic acids is 1. The molecule has 2 aromatic rings. The summed E-state index contributed by atoms with van der Waals surface area (Å²) >= 11 is 0. The molecule has 0 saturated carbocycles. The zero-order valence-electron chi connectivity index (χ0n) is 14.4. The largest absolute Gasteiger partial charge is 0.326 e. The summed E-state index contributed by atoms with van der Waals surface area (Å²) in [5, 5.41) is 2.96. The lowest BCUT2D eigenvalue weighted by molar-refractivity contribution is -0.116. The molecule has 128 valence electrons. The van der Waals surface area contributed by atoms with E-state index in [4.69, 9.17) is 5.73 Å². The summed E-state index contributed by atoms with van der Waals surface area (Å²) in [6.07, 6.45) is 1.56. The number of rotatable bonds is 9. The molecule has 0 bridgehead atoms. The molecule has 2 aromatic carbocycles. The van der Waals surface area contributed by atoms with Crippen molar-refractivity contribution in [1.82, 2.24) is 4.90 Å². The first-order valence-corrected chi connectivity index (χ1v) is 8.56. The first kappa shape index (κ1) is 18.2. The predicted molar refractivity (Wildman–Crippen MR) is 99.6 cm³/mol. The van der Waals surface area contributed by atoms with Gasteiger partial charge < -0.3 is 11.1 Å². The molecule has 0 spiro atoms. The van der Waals surface area contributed by atoms with Crippen LogP contribution < -0.4 is 11.1 Å². The van der Waals surface area contributed by atoms with E-state index < -0.39 is 0 Å². The van der Waals surface area contributed by atoms with E-state index in [1.165, 1.54) is 5.56 Å². The van der Waals surface area contributed by atoms with Crippen molar-refractivity contribution in [2.24, 2.45) is 5.73 Å². The highest BCUT2D eigenvalue weighted by Gasteiger charge is 2.09. The molecule has 0 unspecified atom stereocenters. The molecule has 0 fully saturated rings. The maximum Gasteiger partial charge on any atom is 0.225 e. The number of nitrogens with two attached hydrogens (primary N) is 1. The summed E-state index contributed by atoms with van der Waals surface area (Å²) in [6.45, 7) is 5.27. The lowest BCUT2D eigenvalue weighted by Gasteiger charge is -2.21. The van der Waals surface area contributed by atoms with Crippen molar-refractivity contribution < 1.29 is 4.79 Å². The van der Waals surface area contributed by atoms with Gasteiger partial charge in [-0.2, -0.15) is 0 Å². The maximum atomic E-state index is 12.2. The number of nitrogens with one attached hydrogen (secondary N) is 1. The van der Waals surface area contributed by atoms with E-state index >= 15 is 0 Å². The third-order valence-corrected chi connectivity index (χ3v) is 3.89. The molecule has 4 heteroatoms. The Kier molecular flexibility index (Phi) is 7.46. The monoisotopic (exact) mass is 325 g/mol. The van der Waals surface area contributed by atoms with Crippen LogP contribution in [0.25, 0.3) is 0 Å². The third kappa shape index (κ3) is 6.14. The van der Waals surface area contributed by atoms with Crippen molar-refractivity contribution in [3.63, 3.8) is 0 Å². The van der Waals surface area contributed by atoms with Crippen molar-refractivity contribution in [3.05, 3.63) is 65.7 Å².